The van der Waals surface area contributed by atoms with Gasteiger partial charge in [0.15, 0.2) is 0 Å². The van der Waals surface area contributed by atoms with Crippen LogP contribution < -0.4 is 0 Å². The Morgan fingerprint density at radius 2 is 1.50 bits per heavy atom. The highest BCUT2D eigenvalue weighted by Gasteiger charge is 2.24. The summed E-state index contributed by atoms with van der Waals surface area (Å²) in [4.78, 5) is 10.9. The minimum atomic E-state index is -0.755. The third-order valence-electron chi connectivity index (χ3n) is 3.71. The maximum atomic E-state index is 10.9. The molecule has 0 fully saturated rings. The zero-order valence-electron chi connectivity index (χ0n) is 11.1. The molecule has 0 aromatic heterocycles. The topological polar surface area (TPSA) is 37.3 Å². The molecule has 3 heteroatoms. The number of aryl methyl sites for hydroxylation is 2. The Bertz CT molecular complexity index is 589. The summed E-state index contributed by atoms with van der Waals surface area (Å²) in [5.74, 6) is -0.623. The molecule has 0 spiro atoms. The predicted octanol–water partition coefficient (Wildman–Crippen LogP) is 3.69. The first-order valence-corrected chi connectivity index (χ1v) is 7.79. The van der Waals surface area contributed by atoms with E-state index in [0.29, 0.717) is 0 Å². The van der Waals surface area contributed by atoms with Gasteiger partial charge in [-0.25, -0.2) is 0 Å². The van der Waals surface area contributed by atoms with E-state index >= 15 is 0 Å². The zero-order chi connectivity index (χ0) is 13.9. The van der Waals surface area contributed by atoms with Crippen molar-refractivity contribution < 1.29 is 9.90 Å². The standard InChI is InChI=1S/C17H16O2S/c18-16(19)11-20-17-14-7-3-1-5-12(14)9-10-13-6-2-4-8-15(13)17/h1-8,17H,9-11H2,(H,18,19). The van der Waals surface area contributed by atoms with Crippen LogP contribution in [-0.4, -0.2) is 16.8 Å². The molecule has 2 aromatic carbocycles. The van der Waals surface area contributed by atoms with Crippen molar-refractivity contribution in [2.24, 2.45) is 0 Å². The minimum Gasteiger partial charge on any atom is -0.481 e. The molecular formula is C17H16O2S. The van der Waals surface area contributed by atoms with Gasteiger partial charge in [-0.05, 0) is 35.1 Å². The summed E-state index contributed by atoms with van der Waals surface area (Å²) in [7, 11) is 0. The first-order chi connectivity index (χ1) is 9.75. The number of carboxylic acids is 1. The van der Waals surface area contributed by atoms with Crippen LogP contribution in [-0.2, 0) is 17.6 Å². The van der Waals surface area contributed by atoms with Gasteiger partial charge < -0.3 is 5.11 Å². The Morgan fingerprint density at radius 3 is 2.00 bits per heavy atom. The molecule has 0 radical (unpaired) electrons. The minimum absolute atomic E-state index is 0.126. The van der Waals surface area contributed by atoms with E-state index in [4.69, 9.17) is 5.11 Å². The molecule has 3 rings (SSSR count). The van der Waals surface area contributed by atoms with Crippen molar-refractivity contribution in [1.82, 2.24) is 0 Å². The Balaban J connectivity index is 2.06. The lowest BCUT2D eigenvalue weighted by Gasteiger charge is -2.19. The highest BCUT2D eigenvalue weighted by atomic mass is 32.2. The summed E-state index contributed by atoms with van der Waals surface area (Å²) in [5.41, 5.74) is 5.21. The van der Waals surface area contributed by atoms with Gasteiger partial charge in [0.1, 0.15) is 0 Å². The third-order valence-corrected chi connectivity index (χ3v) is 4.97. The van der Waals surface area contributed by atoms with E-state index in [1.807, 2.05) is 12.1 Å². The number of hydrogen-bond donors (Lipinski definition) is 1. The molecule has 2 nitrogen and oxygen atoms in total. The number of carbonyl (C=O) groups is 1. The van der Waals surface area contributed by atoms with E-state index in [-0.39, 0.29) is 11.0 Å². The molecule has 1 aliphatic carbocycles. The lowest BCUT2D eigenvalue weighted by molar-refractivity contribution is -0.133. The maximum absolute atomic E-state index is 10.9. The molecule has 102 valence electrons. The number of benzene rings is 2. The van der Waals surface area contributed by atoms with Crippen LogP contribution >= 0.6 is 11.8 Å². The molecule has 0 aliphatic heterocycles. The molecule has 0 saturated carbocycles. The Labute approximate surface area is 122 Å². The molecule has 0 heterocycles. The number of fused-ring (bicyclic) bond motifs is 2. The van der Waals surface area contributed by atoms with E-state index in [2.05, 4.69) is 36.4 Å². The second kappa shape index (κ2) is 5.71. The molecule has 1 N–H and O–H groups in total. The van der Waals surface area contributed by atoms with Gasteiger partial charge in [-0.1, -0.05) is 48.5 Å². The third kappa shape index (κ3) is 2.59. The summed E-state index contributed by atoms with van der Waals surface area (Å²) >= 11 is 1.50. The van der Waals surface area contributed by atoms with Crippen molar-refractivity contribution in [3.05, 3.63) is 70.8 Å². The van der Waals surface area contributed by atoms with Crippen LogP contribution in [0.2, 0.25) is 0 Å². The number of hydrogen-bond acceptors (Lipinski definition) is 2. The fourth-order valence-corrected chi connectivity index (χ4v) is 3.93. The fourth-order valence-electron chi connectivity index (χ4n) is 2.81. The largest absolute Gasteiger partial charge is 0.481 e. The lowest BCUT2D eigenvalue weighted by atomic mass is 10.00. The van der Waals surface area contributed by atoms with Gasteiger partial charge >= 0.3 is 5.97 Å². The molecule has 0 saturated heterocycles. The van der Waals surface area contributed by atoms with Crippen molar-refractivity contribution in [3.8, 4) is 0 Å². The van der Waals surface area contributed by atoms with E-state index in [9.17, 15) is 4.79 Å². The average Bonchev–Trinajstić information content (AvgIpc) is 2.62. The van der Waals surface area contributed by atoms with Gasteiger partial charge in [-0.2, -0.15) is 0 Å². The molecule has 0 atom stereocenters. The van der Waals surface area contributed by atoms with E-state index < -0.39 is 5.97 Å². The first kappa shape index (κ1) is 13.3. The van der Waals surface area contributed by atoms with Gasteiger partial charge in [-0.3, -0.25) is 4.79 Å². The number of thioether (sulfide) groups is 1. The summed E-state index contributed by atoms with van der Waals surface area (Å²) in [5, 5.41) is 9.12. The zero-order valence-corrected chi connectivity index (χ0v) is 11.9. The van der Waals surface area contributed by atoms with Crippen molar-refractivity contribution in [2.45, 2.75) is 18.1 Å². The van der Waals surface area contributed by atoms with Gasteiger partial charge in [0, 0.05) is 0 Å². The van der Waals surface area contributed by atoms with Gasteiger partial charge in [-0.15, -0.1) is 11.8 Å². The molecule has 2 aromatic rings. The Kier molecular flexibility index (Phi) is 3.79. The highest BCUT2D eigenvalue weighted by Crippen LogP contribution is 2.41. The van der Waals surface area contributed by atoms with Gasteiger partial charge in [0.2, 0.25) is 0 Å². The molecular weight excluding hydrogens is 268 g/mol. The van der Waals surface area contributed by atoms with Crippen LogP contribution in [0.25, 0.3) is 0 Å². The normalized spacial score (nSPS) is 14.2. The molecule has 20 heavy (non-hydrogen) atoms. The van der Waals surface area contributed by atoms with Crippen LogP contribution in [0.1, 0.15) is 27.5 Å². The van der Waals surface area contributed by atoms with Crippen LogP contribution in [0.15, 0.2) is 48.5 Å². The summed E-state index contributed by atoms with van der Waals surface area (Å²) in [6.07, 6.45) is 2.05. The van der Waals surface area contributed by atoms with Crippen LogP contribution in [0.3, 0.4) is 0 Å². The second-order valence-corrected chi connectivity index (χ2v) is 6.08. The van der Waals surface area contributed by atoms with E-state index in [1.165, 1.54) is 34.0 Å². The Hall–Kier alpha value is -1.74. The van der Waals surface area contributed by atoms with Crippen LogP contribution in [0.4, 0.5) is 0 Å². The summed E-state index contributed by atoms with van der Waals surface area (Å²) in [6.45, 7) is 0. The second-order valence-electron chi connectivity index (χ2n) is 4.98. The monoisotopic (exact) mass is 284 g/mol. The lowest BCUT2D eigenvalue weighted by Crippen LogP contribution is -2.05. The van der Waals surface area contributed by atoms with Crippen molar-refractivity contribution in [1.29, 1.82) is 0 Å². The molecule has 0 unspecified atom stereocenters. The van der Waals surface area contributed by atoms with Crippen LogP contribution in [0.5, 0.6) is 0 Å². The maximum Gasteiger partial charge on any atom is 0.313 e. The van der Waals surface area contributed by atoms with Gasteiger partial charge in [0.25, 0.3) is 0 Å². The summed E-state index contributed by atoms with van der Waals surface area (Å²) in [6, 6.07) is 16.8. The molecule has 0 bridgehead atoms. The molecule has 1 aliphatic rings. The van der Waals surface area contributed by atoms with Crippen molar-refractivity contribution in [3.63, 3.8) is 0 Å². The first-order valence-electron chi connectivity index (χ1n) is 6.74. The predicted molar refractivity (Wildman–Crippen MR) is 82.2 cm³/mol. The number of rotatable bonds is 3. The van der Waals surface area contributed by atoms with Crippen LogP contribution in [0, 0.1) is 0 Å². The smallest absolute Gasteiger partial charge is 0.313 e. The number of aliphatic carboxylic acids is 1. The Morgan fingerprint density at radius 1 is 1.00 bits per heavy atom. The molecule has 0 amide bonds. The van der Waals surface area contributed by atoms with Crippen molar-refractivity contribution >= 4 is 17.7 Å². The van der Waals surface area contributed by atoms with E-state index in [1.54, 1.807) is 0 Å². The number of carboxylic acid groups (broad SMARTS) is 1. The highest BCUT2D eigenvalue weighted by molar-refractivity contribution is 8.00. The van der Waals surface area contributed by atoms with Crippen molar-refractivity contribution in [2.75, 3.05) is 5.75 Å². The quantitative estimate of drug-likeness (QED) is 0.934. The van der Waals surface area contributed by atoms with Gasteiger partial charge in [0.05, 0.1) is 11.0 Å². The van der Waals surface area contributed by atoms with E-state index in [0.717, 1.165) is 12.8 Å². The average molecular weight is 284 g/mol. The summed E-state index contributed by atoms with van der Waals surface area (Å²) < 4.78 is 0. The fraction of sp³-hybridized carbons (Fsp3) is 0.235. The SMILES string of the molecule is O=C(O)CSC1c2ccccc2CCc2ccccc21.